The van der Waals surface area contributed by atoms with Crippen molar-refractivity contribution in [1.29, 1.82) is 0 Å². The van der Waals surface area contributed by atoms with Crippen LogP contribution in [0.4, 0.5) is 4.39 Å². The average molecular weight is 230 g/mol. The first-order valence-electron chi connectivity index (χ1n) is 5.36. The van der Waals surface area contributed by atoms with E-state index >= 15 is 0 Å². The highest BCUT2D eigenvalue weighted by atomic mass is 19.1. The zero-order valence-electron chi connectivity index (χ0n) is 8.80. The summed E-state index contributed by atoms with van der Waals surface area (Å²) in [7, 11) is 0. The number of ether oxygens (including phenoxy) is 2. The van der Waals surface area contributed by atoms with Gasteiger partial charge in [-0.3, -0.25) is 0 Å². The predicted octanol–water partition coefficient (Wildman–Crippen LogP) is 1.57. The molecule has 2 N–H and O–H groups in total. The molecule has 0 bridgehead atoms. The van der Waals surface area contributed by atoms with Gasteiger partial charge in [-0.05, 0) is 12.5 Å². The summed E-state index contributed by atoms with van der Waals surface area (Å²) in [5.41, 5.74) is 0. The van der Waals surface area contributed by atoms with Gasteiger partial charge in [-0.25, -0.2) is 4.39 Å². The van der Waals surface area contributed by atoms with Crippen molar-refractivity contribution >= 4 is 0 Å². The molecule has 5 heteroatoms. The SMILES string of the molecule is OCC1CCC(OC2C=CC(O)=C(F)C2)O1. The van der Waals surface area contributed by atoms with Gasteiger partial charge in [0.25, 0.3) is 0 Å². The third kappa shape index (κ3) is 2.61. The normalized spacial score (nSPS) is 34.8. The summed E-state index contributed by atoms with van der Waals surface area (Å²) in [5, 5.41) is 17.9. The minimum Gasteiger partial charge on any atom is -0.505 e. The smallest absolute Gasteiger partial charge is 0.158 e. The average Bonchev–Trinajstić information content (AvgIpc) is 2.71. The van der Waals surface area contributed by atoms with Crippen molar-refractivity contribution in [2.45, 2.75) is 37.8 Å². The topological polar surface area (TPSA) is 58.9 Å². The minimum absolute atomic E-state index is 0.0184. The van der Waals surface area contributed by atoms with Crippen molar-refractivity contribution in [3.05, 3.63) is 23.7 Å². The monoisotopic (exact) mass is 230 g/mol. The van der Waals surface area contributed by atoms with Crippen molar-refractivity contribution in [2.75, 3.05) is 6.61 Å². The summed E-state index contributed by atoms with van der Waals surface area (Å²) in [6.07, 6.45) is 3.42. The first kappa shape index (κ1) is 11.6. The lowest BCUT2D eigenvalue weighted by atomic mass is 10.1. The van der Waals surface area contributed by atoms with Crippen LogP contribution in [-0.2, 0) is 9.47 Å². The number of hydrogen-bond donors (Lipinski definition) is 2. The molecule has 1 fully saturated rings. The molecule has 3 unspecified atom stereocenters. The van der Waals surface area contributed by atoms with Crippen LogP contribution in [0, 0.1) is 0 Å². The van der Waals surface area contributed by atoms with Crippen LogP contribution in [0.25, 0.3) is 0 Å². The summed E-state index contributed by atoms with van der Waals surface area (Å²) in [6, 6.07) is 0. The number of aliphatic hydroxyl groups is 2. The van der Waals surface area contributed by atoms with Crippen LogP contribution in [0.1, 0.15) is 19.3 Å². The standard InChI is InChI=1S/C11H15FO4/c12-9-5-7(1-3-10(9)14)15-11-4-2-8(6-13)16-11/h1,3,7-8,11,13-14H,2,4-6H2. The van der Waals surface area contributed by atoms with Crippen LogP contribution in [-0.4, -0.2) is 35.3 Å². The summed E-state index contributed by atoms with van der Waals surface area (Å²) < 4.78 is 23.9. The van der Waals surface area contributed by atoms with Crippen LogP contribution in [0.5, 0.6) is 0 Å². The second-order valence-corrected chi connectivity index (χ2v) is 3.98. The second kappa shape index (κ2) is 4.95. The first-order chi connectivity index (χ1) is 7.69. The molecule has 0 aromatic rings. The molecule has 0 amide bonds. The molecule has 3 atom stereocenters. The van der Waals surface area contributed by atoms with Gasteiger partial charge in [0.1, 0.15) is 11.6 Å². The maximum atomic E-state index is 13.1. The van der Waals surface area contributed by atoms with Crippen molar-refractivity contribution < 1.29 is 24.1 Å². The van der Waals surface area contributed by atoms with E-state index in [4.69, 9.17) is 19.7 Å². The molecule has 1 aliphatic carbocycles. The van der Waals surface area contributed by atoms with E-state index in [1.807, 2.05) is 0 Å². The molecule has 2 rings (SSSR count). The zero-order chi connectivity index (χ0) is 11.5. The van der Waals surface area contributed by atoms with E-state index in [0.29, 0.717) is 6.42 Å². The van der Waals surface area contributed by atoms with E-state index in [9.17, 15) is 4.39 Å². The molecule has 0 radical (unpaired) electrons. The lowest BCUT2D eigenvalue weighted by Crippen LogP contribution is -2.23. The maximum Gasteiger partial charge on any atom is 0.158 e. The second-order valence-electron chi connectivity index (χ2n) is 3.98. The number of rotatable bonds is 3. The molecule has 16 heavy (non-hydrogen) atoms. The molecule has 2 aliphatic rings. The summed E-state index contributed by atoms with van der Waals surface area (Å²) in [4.78, 5) is 0. The number of hydrogen-bond acceptors (Lipinski definition) is 4. The Hall–Kier alpha value is -0.910. The zero-order valence-corrected chi connectivity index (χ0v) is 8.80. The van der Waals surface area contributed by atoms with Crippen LogP contribution >= 0.6 is 0 Å². The van der Waals surface area contributed by atoms with Gasteiger partial charge in [0.2, 0.25) is 0 Å². The fraction of sp³-hybridized carbons (Fsp3) is 0.636. The van der Waals surface area contributed by atoms with Gasteiger partial charge >= 0.3 is 0 Å². The van der Waals surface area contributed by atoms with E-state index in [0.717, 1.165) is 6.42 Å². The van der Waals surface area contributed by atoms with Gasteiger partial charge in [0.05, 0.1) is 18.8 Å². The quantitative estimate of drug-likeness (QED) is 0.772. The van der Waals surface area contributed by atoms with Gasteiger partial charge in [-0.2, -0.15) is 0 Å². The minimum atomic E-state index is -0.566. The van der Waals surface area contributed by atoms with Crippen LogP contribution in [0.15, 0.2) is 23.7 Å². The maximum absolute atomic E-state index is 13.1. The summed E-state index contributed by atoms with van der Waals surface area (Å²) >= 11 is 0. The van der Waals surface area contributed by atoms with Crippen molar-refractivity contribution in [3.8, 4) is 0 Å². The highest BCUT2D eigenvalue weighted by Gasteiger charge is 2.28. The molecule has 0 aromatic heterocycles. The van der Waals surface area contributed by atoms with E-state index in [-0.39, 0.29) is 31.2 Å². The first-order valence-corrected chi connectivity index (χ1v) is 5.36. The van der Waals surface area contributed by atoms with E-state index in [1.54, 1.807) is 6.08 Å². The summed E-state index contributed by atoms with van der Waals surface area (Å²) in [6.45, 7) is -0.0184. The van der Waals surface area contributed by atoms with Gasteiger partial charge in [0, 0.05) is 12.8 Å². The molecule has 90 valence electrons. The molecular weight excluding hydrogens is 215 g/mol. The predicted molar refractivity (Wildman–Crippen MR) is 54.4 cm³/mol. The lowest BCUT2D eigenvalue weighted by Gasteiger charge is -2.21. The number of aliphatic hydroxyl groups excluding tert-OH is 2. The molecular formula is C11H15FO4. The van der Waals surface area contributed by atoms with Crippen LogP contribution in [0.3, 0.4) is 0 Å². The Morgan fingerprint density at radius 1 is 1.50 bits per heavy atom. The van der Waals surface area contributed by atoms with Crippen molar-refractivity contribution in [2.24, 2.45) is 0 Å². The number of allylic oxidation sites excluding steroid dienone is 1. The van der Waals surface area contributed by atoms with Gasteiger partial charge < -0.3 is 19.7 Å². The number of halogens is 1. The van der Waals surface area contributed by atoms with Crippen LogP contribution in [0.2, 0.25) is 0 Å². The Balaban J connectivity index is 1.82. The Labute approximate surface area is 93.0 Å². The Morgan fingerprint density at radius 2 is 2.31 bits per heavy atom. The third-order valence-corrected chi connectivity index (χ3v) is 2.73. The molecule has 1 aliphatic heterocycles. The fourth-order valence-electron chi connectivity index (χ4n) is 1.83. The highest BCUT2D eigenvalue weighted by molar-refractivity contribution is 5.21. The molecule has 1 saturated heterocycles. The largest absolute Gasteiger partial charge is 0.505 e. The molecule has 1 heterocycles. The van der Waals surface area contributed by atoms with Gasteiger partial charge in [-0.1, -0.05) is 6.08 Å². The summed E-state index contributed by atoms with van der Waals surface area (Å²) in [5.74, 6) is -0.898. The van der Waals surface area contributed by atoms with Crippen molar-refractivity contribution in [1.82, 2.24) is 0 Å². The third-order valence-electron chi connectivity index (χ3n) is 2.73. The molecule has 0 aromatic carbocycles. The van der Waals surface area contributed by atoms with Crippen molar-refractivity contribution in [3.63, 3.8) is 0 Å². The fourth-order valence-corrected chi connectivity index (χ4v) is 1.83. The van der Waals surface area contributed by atoms with Gasteiger partial charge in [-0.15, -0.1) is 0 Å². The molecule has 4 nitrogen and oxygen atoms in total. The van der Waals surface area contributed by atoms with Gasteiger partial charge in [0.15, 0.2) is 6.29 Å². The Bertz CT molecular complexity index is 313. The van der Waals surface area contributed by atoms with E-state index in [2.05, 4.69) is 0 Å². The Morgan fingerprint density at radius 3 is 2.94 bits per heavy atom. The Kier molecular flexibility index (Phi) is 3.58. The van der Waals surface area contributed by atoms with E-state index < -0.39 is 11.9 Å². The van der Waals surface area contributed by atoms with Crippen LogP contribution < -0.4 is 0 Å². The molecule has 0 spiro atoms. The highest BCUT2D eigenvalue weighted by Crippen LogP contribution is 2.26. The molecule has 0 saturated carbocycles. The lowest BCUT2D eigenvalue weighted by molar-refractivity contribution is -0.157. The van der Waals surface area contributed by atoms with E-state index in [1.165, 1.54) is 6.08 Å².